The first-order valence-electron chi connectivity index (χ1n) is 15.6. The second kappa shape index (κ2) is 18.7. The number of nitrogens with zero attached hydrogens (tertiary/aromatic N) is 2. The lowest BCUT2D eigenvalue weighted by Crippen LogP contribution is -2.25. The van der Waals surface area contributed by atoms with Gasteiger partial charge in [0.05, 0.1) is 0 Å². The van der Waals surface area contributed by atoms with E-state index in [9.17, 15) is 0 Å². The number of methoxy groups -OCH3 is 1. The molecule has 1 unspecified atom stereocenters. The molecule has 0 aliphatic rings. The molecule has 2 rings (SSSR count). The second-order valence-corrected chi connectivity index (χ2v) is 10.9. The Morgan fingerprint density at radius 1 is 0.667 bits per heavy atom. The minimum absolute atomic E-state index is 0.0578. The molecule has 0 amide bonds. The van der Waals surface area contributed by atoms with Gasteiger partial charge in [0.1, 0.15) is 6.10 Å². The van der Waals surface area contributed by atoms with E-state index in [-0.39, 0.29) is 6.10 Å². The maximum atomic E-state index is 5.89. The summed E-state index contributed by atoms with van der Waals surface area (Å²) in [5.41, 5.74) is 7.79. The van der Waals surface area contributed by atoms with E-state index in [1.165, 1.54) is 85.0 Å². The number of ether oxygens (including phenoxy) is 1. The van der Waals surface area contributed by atoms with Crippen molar-refractivity contribution in [3.05, 3.63) is 76.9 Å². The standard InChI is InChI=1S/C36H56N2O/c1-8-12-24-37(25-13-9-2)33-21-20-32(30(5)28-33)18-16-17-19-36(39-7)35-23-22-34(29-31(35)6)38(26-14-10-3)27-15-11-4/h16-23,28-29,36H,8-15,24-27H2,1-7H3. The van der Waals surface area contributed by atoms with E-state index >= 15 is 0 Å². The minimum atomic E-state index is -0.0578. The summed E-state index contributed by atoms with van der Waals surface area (Å²) in [5.74, 6) is 0. The average Bonchev–Trinajstić information content (AvgIpc) is 2.94. The quantitative estimate of drug-likeness (QED) is 0.167. The minimum Gasteiger partial charge on any atom is -0.373 e. The first kappa shape index (κ1) is 32.7. The van der Waals surface area contributed by atoms with Gasteiger partial charge in [0.15, 0.2) is 0 Å². The van der Waals surface area contributed by atoms with E-state index < -0.39 is 0 Å². The molecule has 0 bridgehead atoms. The van der Waals surface area contributed by atoms with Gasteiger partial charge >= 0.3 is 0 Å². The summed E-state index contributed by atoms with van der Waals surface area (Å²) >= 11 is 0. The van der Waals surface area contributed by atoms with Crippen LogP contribution in [-0.4, -0.2) is 33.3 Å². The molecule has 0 radical (unpaired) electrons. The fraction of sp³-hybridized carbons (Fsp3) is 0.556. The molecule has 0 N–H and O–H groups in total. The number of allylic oxidation sites excluding steroid dienone is 2. The van der Waals surface area contributed by atoms with Crippen molar-refractivity contribution in [3.63, 3.8) is 0 Å². The SMILES string of the molecule is CCCCN(CCCC)c1ccc(C=CC=CC(OC)c2ccc(N(CCCC)CCCC)cc2C)c(C)c1. The van der Waals surface area contributed by atoms with Crippen molar-refractivity contribution in [2.24, 2.45) is 0 Å². The van der Waals surface area contributed by atoms with Gasteiger partial charge in [-0.1, -0.05) is 89.8 Å². The maximum absolute atomic E-state index is 5.89. The van der Waals surface area contributed by atoms with Crippen LogP contribution in [0.5, 0.6) is 0 Å². The lowest BCUT2D eigenvalue weighted by Gasteiger charge is -2.26. The third-order valence-corrected chi connectivity index (χ3v) is 7.60. The number of benzene rings is 2. The summed E-state index contributed by atoms with van der Waals surface area (Å²) in [6.45, 7) is 18.0. The molecule has 3 nitrogen and oxygen atoms in total. The van der Waals surface area contributed by atoms with Gasteiger partial charge in [0, 0.05) is 44.7 Å². The van der Waals surface area contributed by atoms with Crippen molar-refractivity contribution < 1.29 is 4.74 Å². The molecule has 0 saturated carbocycles. The van der Waals surface area contributed by atoms with E-state index in [4.69, 9.17) is 4.74 Å². The van der Waals surface area contributed by atoms with Gasteiger partial charge in [-0.3, -0.25) is 0 Å². The van der Waals surface area contributed by atoms with E-state index in [1.54, 1.807) is 7.11 Å². The Kier molecular flexibility index (Phi) is 15.7. The summed E-state index contributed by atoms with van der Waals surface area (Å²) in [6, 6.07) is 13.8. The first-order valence-corrected chi connectivity index (χ1v) is 15.6. The molecule has 39 heavy (non-hydrogen) atoms. The molecule has 0 heterocycles. The van der Waals surface area contributed by atoms with Crippen molar-refractivity contribution in [1.29, 1.82) is 0 Å². The number of hydrogen-bond acceptors (Lipinski definition) is 3. The van der Waals surface area contributed by atoms with Crippen LogP contribution in [0.25, 0.3) is 6.08 Å². The van der Waals surface area contributed by atoms with E-state index in [0.717, 1.165) is 26.2 Å². The maximum Gasteiger partial charge on any atom is 0.101 e. The Balaban J connectivity index is 2.11. The summed E-state index contributed by atoms with van der Waals surface area (Å²) < 4.78 is 5.89. The van der Waals surface area contributed by atoms with Gasteiger partial charge in [0.2, 0.25) is 0 Å². The monoisotopic (exact) mass is 532 g/mol. The van der Waals surface area contributed by atoms with Gasteiger partial charge in [-0.15, -0.1) is 0 Å². The van der Waals surface area contributed by atoms with Crippen LogP contribution >= 0.6 is 0 Å². The molecule has 0 aliphatic heterocycles. The summed E-state index contributed by atoms with van der Waals surface area (Å²) in [6.07, 6.45) is 18.4. The Morgan fingerprint density at radius 2 is 1.15 bits per heavy atom. The van der Waals surface area contributed by atoms with Crippen LogP contribution in [0.15, 0.2) is 54.6 Å². The fourth-order valence-corrected chi connectivity index (χ4v) is 4.99. The summed E-state index contributed by atoms with van der Waals surface area (Å²) in [4.78, 5) is 5.10. The van der Waals surface area contributed by atoms with Crippen molar-refractivity contribution >= 4 is 17.5 Å². The van der Waals surface area contributed by atoms with Gasteiger partial charge in [0.25, 0.3) is 0 Å². The molecule has 0 spiro atoms. The molecular weight excluding hydrogens is 476 g/mol. The molecule has 2 aromatic rings. The highest BCUT2D eigenvalue weighted by Crippen LogP contribution is 2.27. The lowest BCUT2D eigenvalue weighted by molar-refractivity contribution is 0.142. The van der Waals surface area contributed by atoms with E-state index in [2.05, 4.69) is 112 Å². The summed E-state index contributed by atoms with van der Waals surface area (Å²) in [5, 5.41) is 0. The molecule has 0 saturated heterocycles. The Labute approximate surface area is 241 Å². The smallest absolute Gasteiger partial charge is 0.101 e. The van der Waals surface area contributed by atoms with Crippen LogP contribution < -0.4 is 9.80 Å². The topological polar surface area (TPSA) is 15.7 Å². The number of anilines is 2. The molecule has 0 aliphatic carbocycles. The lowest BCUT2D eigenvalue weighted by atomic mass is 10.0. The van der Waals surface area contributed by atoms with Crippen molar-refractivity contribution in [2.75, 3.05) is 43.1 Å². The highest BCUT2D eigenvalue weighted by atomic mass is 16.5. The molecule has 1 atom stereocenters. The molecule has 216 valence electrons. The zero-order valence-electron chi connectivity index (χ0n) is 26.1. The highest BCUT2D eigenvalue weighted by Gasteiger charge is 2.13. The molecule has 0 aromatic heterocycles. The highest BCUT2D eigenvalue weighted by molar-refractivity contribution is 5.61. The predicted octanol–water partition coefficient (Wildman–Crippen LogP) is 10.1. The van der Waals surface area contributed by atoms with E-state index in [1.807, 2.05) is 0 Å². The van der Waals surface area contributed by atoms with Gasteiger partial charge in [-0.2, -0.15) is 0 Å². The summed E-state index contributed by atoms with van der Waals surface area (Å²) in [7, 11) is 1.80. The van der Waals surface area contributed by atoms with Crippen molar-refractivity contribution in [1.82, 2.24) is 0 Å². The fourth-order valence-electron chi connectivity index (χ4n) is 4.99. The number of rotatable bonds is 19. The number of aryl methyl sites for hydroxylation is 2. The van der Waals surface area contributed by atoms with Crippen molar-refractivity contribution in [3.8, 4) is 0 Å². The van der Waals surface area contributed by atoms with Crippen LogP contribution in [0.3, 0.4) is 0 Å². The van der Waals surface area contributed by atoms with E-state index in [0.29, 0.717) is 0 Å². The van der Waals surface area contributed by atoms with Crippen LogP contribution in [-0.2, 0) is 4.74 Å². The van der Waals surface area contributed by atoms with Crippen LogP contribution in [0, 0.1) is 13.8 Å². The predicted molar refractivity (Wildman–Crippen MR) is 174 cm³/mol. The Morgan fingerprint density at radius 3 is 1.59 bits per heavy atom. The van der Waals surface area contributed by atoms with Crippen LogP contribution in [0.4, 0.5) is 11.4 Å². The average molecular weight is 533 g/mol. The molecule has 3 heteroatoms. The molecule has 0 fully saturated rings. The third-order valence-electron chi connectivity index (χ3n) is 7.60. The van der Waals surface area contributed by atoms with Gasteiger partial charge in [-0.05, 0) is 86.1 Å². The largest absolute Gasteiger partial charge is 0.373 e. The Hall–Kier alpha value is -2.52. The van der Waals surface area contributed by atoms with Crippen molar-refractivity contribution in [2.45, 2.75) is 99.0 Å². The van der Waals surface area contributed by atoms with Gasteiger partial charge < -0.3 is 14.5 Å². The Bertz CT molecular complexity index is 993. The first-order chi connectivity index (χ1) is 19.0. The second-order valence-electron chi connectivity index (χ2n) is 10.9. The normalized spacial score (nSPS) is 12.5. The third kappa shape index (κ3) is 10.9. The van der Waals surface area contributed by atoms with Crippen LogP contribution in [0.2, 0.25) is 0 Å². The number of unbranched alkanes of at least 4 members (excludes halogenated alkanes) is 4. The van der Waals surface area contributed by atoms with Crippen LogP contribution in [0.1, 0.15) is 107 Å². The number of hydrogen-bond donors (Lipinski definition) is 0. The van der Waals surface area contributed by atoms with Gasteiger partial charge in [-0.25, -0.2) is 0 Å². The zero-order valence-corrected chi connectivity index (χ0v) is 26.1. The molecular formula is C36H56N2O. The molecule has 2 aromatic carbocycles. The zero-order chi connectivity index (χ0) is 28.5.